The van der Waals surface area contributed by atoms with Crippen molar-refractivity contribution in [2.75, 3.05) is 17.2 Å². The molecule has 0 bridgehead atoms. The molecule has 1 aromatic carbocycles. The maximum absolute atomic E-state index is 5.85. The predicted molar refractivity (Wildman–Crippen MR) is 74.5 cm³/mol. The number of benzene rings is 1. The topological polar surface area (TPSA) is 42.1 Å². The Kier molecular flexibility index (Phi) is 2.89. The molecule has 0 unspecified atom stereocenters. The summed E-state index contributed by atoms with van der Waals surface area (Å²) in [4.78, 5) is 6.59. The Labute approximate surface area is 107 Å². The summed E-state index contributed by atoms with van der Waals surface area (Å²) >= 11 is 0. The Hall–Kier alpha value is -2.03. The van der Waals surface area contributed by atoms with Gasteiger partial charge in [0.15, 0.2) is 0 Å². The molecule has 0 fully saturated rings. The van der Waals surface area contributed by atoms with Crippen LogP contribution in [0.5, 0.6) is 0 Å². The number of aryl methyl sites for hydroxylation is 1. The molecule has 0 aliphatic carbocycles. The van der Waals surface area contributed by atoms with Crippen molar-refractivity contribution in [2.45, 2.75) is 19.4 Å². The van der Waals surface area contributed by atoms with Crippen LogP contribution in [0.1, 0.15) is 17.5 Å². The van der Waals surface area contributed by atoms with Gasteiger partial charge in [-0.25, -0.2) is 0 Å². The first-order valence-corrected chi connectivity index (χ1v) is 6.35. The quantitative estimate of drug-likeness (QED) is 0.819. The summed E-state index contributed by atoms with van der Waals surface area (Å²) in [5.74, 6) is 0. The maximum atomic E-state index is 5.85. The van der Waals surface area contributed by atoms with Crippen LogP contribution >= 0.6 is 0 Å². The summed E-state index contributed by atoms with van der Waals surface area (Å²) in [5, 5.41) is 0. The van der Waals surface area contributed by atoms with Crippen LogP contribution in [0.4, 0.5) is 11.4 Å². The lowest BCUT2D eigenvalue weighted by Gasteiger charge is -2.31. The van der Waals surface area contributed by atoms with Crippen LogP contribution in [0.2, 0.25) is 0 Å². The molecular weight excluding hydrogens is 222 g/mol. The minimum Gasteiger partial charge on any atom is -0.399 e. The lowest BCUT2D eigenvalue weighted by molar-refractivity contribution is 0.690. The Balaban J connectivity index is 1.87. The van der Waals surface area contributed by atoms with E-state index in [1.54, 1.807) is 0 Å². The minimum absolute atomic E-state index is 0.858. The van der Waals surface area contributed by atoms with Crippen LogP contribution in [-0.4, -0.2) is 11.5 Å². The number of nitrogen functional groups attached to an aromatic ring is 1. The van der Waals surface area contributed by atoms with Crippen LogP contribution in [0, 0.1) is 0 Å². The van der Waals surface area contributed by atoms with Gasteiger partial charge in [-0.3, -0.25) is 4.98 Å². The van der Waals surface area contributed by atoms with Crippen LogP contribution in [-0.2, 0) is 13.0 Å². The summed E-state index contributed by atoms with van der Waals surface area (Å²) in [6.07, 6.45) is 6.07. The Morgan fingerprint density at radius 3 is 3.06 bits per heavy atom. The van der Waals surface area contributed by atoms with Gasteiger partial charge in [0.05, 0.1) is 0 Å². The molecule has 2 heterocycles. The molecule has 1 aliphatic heterocycles. The van der Waals surface area contributed by atoms with Crippen molar-refractivity contribution in [1.82, 2.24) is 4.98 Å². The normalized spacial score (nSPS) is 14.3. The highest BCUT2D eigenvalue weighted by molar-refractivity contribution is 5.61. The molecule has 0 radical (unpaired) electrons. The maximum Gasteiger partial charge on any atom is 0.0444 e. The van der Waals surface area contributed by atoms with E-state index in [0.29, 0.717) is 0 Å². The molecule has 1 aromatic heterocycles. The third kappa shape index (κ3) is 2.16. The van der Waals surface area contributed by atoms with Gasteiger partial charge in [0, 0.05) is 36.9 Å². The number of pyridine rings is 1. The summed E-state index contributed by atoms with van der Waals surface area (Å²) in [7, 11) is 0. The van der Waals surface area contributed by atoms with E-state index < -0.39 is 0 Å². The standard InChI is InChI=1S/C15H17N3/c16-14-5-6-15-13(9-14)4-2-8-18(15)11-12-3-1-7-17-10-12/h1,3,5-7,9-10H,2,4,8,11,16H2. The van der Waals surface area contributed by atoms with E-state index in [9.17, 15) is 0 Å². The van der Waals surface area contributed by atoms with Crippen LogP contribution in [0.25, 0.3) is 0 Å². The highest BCUT2D eigenvalue weighted by Crippen LogP contribution is 2.29. The second-order valence-electron chi connectivity index (χ2n) is 4.77. The zero-order valence-corrected chi connectivity index (χ0v) is 10.3. The van der Waals surface area contributed by atoms with E-state index in [-0.39, 0.29) is 0 Å². The first-order chi connectivity index (χ1) is 8.83. The van der Waals surface area contributed by atoms with Crippen LogP contribution in [0.15, 0.2) is 42.7 Å². The molecule has 3 heteroatoms. The van der Waals surface area contributed by atoms with E-state index in [1.165, 1.54) is 23.2 Å². The molecule has 18 heavy (non-hydrogen) atoms. The summed E-state index contributed by atoms with van der Waals surface area (Å²) in [6.45, 7) is 2.02. The average molecular weight is 239 g/mol. The number of anilines is 2. The highest BCUT2D eigenvalue weighted by Gasteiger charge is 2.16. The van der Waals surface area contributed by atoms with Crippen molar-refractivity contribution in [3.63, 3.8) is 0 Å². The van der Waals surface area contributed by atoms with Crippen molar-refractivity contribution in [1.29, 1.82) is 0 Å². The number of aromatic nitrogens is 1. The molecule has 3 nitrogen and oxygen atoms in total. The molecule has 2 aromatic rings. The van der Waals surface area contributed by atoms with Gasteiger partial charge in [-0.1, -0.05) is 6.07 Å². The zero-order valence-electron chi connectivity index (χ0n) is 10.3. The van der Waals surface area contributed by atoms with Gasteiger partial charge in [-0.05, 0) is 48.2 Å². The number of hydrogen-bond acceptors (Lipinski definition) is 3. The second-order valence-corrected chi connectivity index (χ2v) is 4.77. The number of hydrogen-bond donors (Lipinski definition) is 1. The summed E-state index contributed by atoms with van der Waals surface area (Å²) in [6, 6.07) is 10.3. The molecule has 3 rings (SSSR count). The predicted octanol–water partition coefficient (Wildman–Crippen LogP) is 2.62. The number of fused-ring (bicyclic) bond motifs is 1. The monoisotopic (exact) mass is 239 g/mol. The van der Waals surface area contributed by atoms with Gasteiger partial charge in [0.1, 0.15) is 0 Å². The van der Waals surface area contributed by atoms with Crippen molar-refractivity contribution < 1.29 is 0 Å². The SMILES string of the molecule is Nc1ccc2c(c1)CCCN2Cc1cccnc1. The minimum atomic E-state index is 0.858. The largest absolute Gasteiger partial charge is 0.399 e. The lowest BCUT2D eigenvalue weighted by Crippen LogP contribution is -2.28. The third-order valence-corrected chi connectivity index (χ3v) is 3.41. The van der Waals surface area contributed by atoms with Crippen LogP contribution in [0.3, 0.4) is 0 Å². The molecule has 0 saturated heterocycles. The van der Waals surface area contributed by atoms with E-state index in [1.807, 2.05) is 24.5 Å². The lowest BCUT2D eigenvalue weighted by atomic mass is 10.0. The molecule has 92 valence electrons. The molecular formula is C15H17N3. The fourth-order valence-electron chi connectivity index (χ4n) is 2.57. The third-order valence-electron chi connectivity index (χ3n) is 3.41. The fourth-order valence-corrected chi connectivity index (χ4v) is 2.57. The Bertz CT molecular complexity index is 537. The molecule has 0 atom stereocenters. The fraction of sp³-hybridized carbons (Fsp3) is 0.267. The second kappa shape index (κ2) is 4.69. The van der Waals surface area contributed by atoms with Crippen molar-refractivity contribution in [3.8, 4) is 0 Å². The van der Waals surface area contributed by atoms with E-state index >= 15 is 0 Å². The van der Waals surface area contributed by atoms with Gasteiger partial charge < -0.3 is 10.6 Å². The Morgan fingerprint density at radius 2 is 2.22 bits per heavy atom. The van der Waals surface area contributed by atoms with Crippen molar-refractivity contribution >= 4 is 11.4 Å². The van der Waals surface area contributed by atoms with Crippen molar-refractivity contribution in [3.05, 3.63) is 53.9 Å². The van der Waals surface area contributed by atoms with E-state index in [2.05, 4.69) is 28.1 Å². The molecule has 0 amide bonds. The highest BCUT2D eigenvalue weighted by atomic mass is 15.1. The van der Waals surface area contributed by atoms with Gasteiger partial charge in [-0.2, -0.15) is 0 Å². The van der Waals surface area contributed by atoms with Gasteiger partial charge in [0.25, 0.3) is 0 Å². The van der Waals surface area contributed by atoms with E-state index in [0.717, 1.165) is 25.2 Å². The molecule has 0 spiro atoms. The number of nitrogens with zero attached hydrogens (tertiary/aromatic N) is 2. The van der Waals surface area contributed by atoms with E-state index in [4.69, 9.17) is 5.73 Å². The number of rotatable bonds is 2. The first-order valence-electron chi connectivity index (χ1n) is 6.35. The van der Waals surface area contributed by atoms with Gasteiger partial charge in [-0.15, -0.1) is 0 Å². The van der Waals surface area contributed by atoms with Gasteiger partial charge >= 0.3 is 0 Å². The van der Waals surface area contributed by atoms with Gasteiger partial charge in [0.2, 0.25) is 0 Å². The zero-order chi connectivity index (χ0) is 12.4. The summed E-state index contributed by atoms with van der Waals surface area (Å²) in [5.41, 5.74) is 10.6. The summed E-state index contributed by atoms with van der Waals surface area (Å²) < 4.78 is 0. The molecule has 0 saturated carbocycles. The smallest absolute Gasteiger partial charge is 0.0444 e. The number of nitrogens with two attached hydrogens (primary N) is 1. The molecule has 2 N–H and O–H groups in total. The Morgan fingerprint density at radius 1 is 1.28 bits per heavy atom. The molecule has 1 aliphatic rings. The first kappa shape index (κ1) is 11.1. The van der Waals surface area contributed by atoms with Crippen LogP contribution < -0.4 is 10.6 Å². The average Bonchev–Trinajstić information content (AvgIpc) is 2.40. The van der Waals surface area contributed by atoms with Crippen molar-refractivity contribution in [2.24, 2.45) is 0 Å².